The van der Waals surface area contributed by atoms with Crippen LogP contribution in [-0.4, -0.2) is 38.5 Å². The van der Waals surface area contributed by atoms with Gasteiger partial charge >= 0.3 is 17.1 Å². The van der Waals surface area contributed by atoms with Crippen LogP contribution in [0.2, 0.25) is 5.02 Å². The number of alkyl halides is 3. The van der Waals surface area contributed by atoms with E-state index >= 15 is 0 Å². The normalized spacial score (nSPS) is 20.5. The van der Waals surface area contributed by atoms with Crippen molar-refractivity contribution in [3.8, 4) is 0 Å². The summed E-state index contributed by atoms with van der Waals surface area (Å²) in [5, 5.41) is 1.89. The van der Waals surface area contributed by atoms with E-state index in [9.17, 15) is 37.1 Å². The highest BCUT2D eigenvalue weighted by Crippen LogP contribution is 2.53. The molecule has 0 aliphatic carbocycles. The molecule has 0 spiro atoms. The lowest BCUT2D eigenvalue weighted by Gasteiger charge is -2.30. The summed E-state index contributed by atoms with van der Waals surface area (Å²) in [6.07, 6.45) is -4.61. The number of likely N-dealkylation sites (tertiary alicyclic amines) is 1. The van der Waals surface area contributed by atoms with E-state index < -0.39 is 64.0 Å². The zero-order valence-corrected chi connectivity index (χ0v) is 21.8. The molecule has 0 bridgehead atoms. The van der Waals surface area contributed by atoms with Crippen LogP contribution in [0.25, 0.3) is 0 Å². The molecule has 202 valence electrons. The number of carbonyl (C=O) groups excluding carboxylic acids is 4. The van der Waals surface area contributed by atoms with Crippen LogP contribution in [0, 0.1) is 5.92 Å². The van der Waals surface area contributed by atoms with Crippen LogP contribution in [0.4, 0.5) is 23.7 Å². The molecule has 3 aromatic rings. The summed E-state index contributed by atoms with van der Waals surface area (Å²) in [5.74, 6) is -4.30. The lowest BCUT2D eigenvalue weighted by Crippen LogP contribution is -2.41. The number of benzene rings is 2. The minimum absolute atomic E-state index is 0.118. The lowest BCUT2D eigenvalue weighted by atomic mass is 9.83. The van der Waals surface area contributed by atoms with Crippen LogP contribution in [-0.2, 0) is 27.1 Å². The Morgan fingerprint density at radius 1 is 1.05 bits per heavy atom. The Bertz CT molecular complexity index is 1590. The van der Waals surface area contributed by atoms with Gasteiger partial charge in [-0.25, -0.2) is 4.79 Å². The van der Waals surface area contributed by atoms with E-state index in [1.165, 1.54) is 6.07 Å². The molecule has 3 atom stereocenters. The van der Waals surface area contributed by atoms with Gasteiger partial charge in [-0.05, 0) is 35.9 Å². The molecule has 5 rings (SSSR count). The largest absolute Gasteiger partial charge is 0.416 e. The second-order valence-corrected chi connectivity index (χ2v) is 11.3. The molecule has 2 aliphatic rings. The first kappa shape index (κ1) is 27.0. The highest BCUT2D eigenvalue weighted by Gasteiger charge is 2.57. The third-order valence-corrected chi connectivity index (χ3v) is 9.13. The molecule has 0 saturated carbocycles. The maximum atomic E-state index is 13.2. The van der Waals surface area contributed by atoms with Crippen LogP contribution in [0.5, 0.6) is 0 Å². The van der Waals surface area contributed by atoms with Crippen molar-refractivity contribution in [2.24, 2.45) is 11.7 Å². The van der Waals surface area contributed by atoms with Crippen LogP contribution in [0.1, 0.15) is 21.9 Å². The van der Waals surface area contributed by atoms with Crippen molar-refractivity contribution >= 4 is 64.1 Å². The number of halogens is 4. The number of nitrogens with zero attached hydrogens (tertiary/aromatic N) is 2. The number of nitrogens with two attached hydrogens (primary N) is 1. The molecule has 1 aromatic heterocycles. The highest BCUT2D eigenvalue weighted by atomic mass is 35.5. The van der Waals surface area contributed by atoms with Crippen molar-refractivity contribution in [1.29, 1.82) is 0 Å². The van der Waals surface area contributed by atoms with Crippen molar-refractivity contribution < 1.29 is 32.3 Å². The van der Waals surface area contributed by atoms with Crippen LogP contribution in [0.15, 0.2) is 58.4 Å². The van der Waals surface area contributed by atoms with Gasteiger partial charge in [0, 0.05) is 21.5 Å². The number of amides is 5. The van der Waals surface area contributed by atoms with Crippen molar-refractivity contribution in [3.05, 3.63) is 79.2 Å². The molecule has 0 radical (unpaired) electrons. The third kappa shape index (κ3) is 4.83. The van der Waals surface area contributed by atoms with Crippen molar-refractivity contribution in [3.63, 3.8) is 0 Å². The molecule has 39 heavy (non-hydrogen) atoms. The predicted octanol–water partition coefficient (Wildman–Crippen LogP) is 3.89. The number of carbonyl (C=O) groups is 4. The van der Waals surface area contributed by atoms with Gasteiger partial charge in [-0.1, -0.05) is 52.9 Å². The molecule has 2 aliphatic heterocycles. The van der Waals surface area contributed by atoms with Gasteiger partial charge in [0.05, 0.1) is 16.5 Å². The fourth-order valence-electron chi connectivity index (χ4n) is 4.62. The minimum atomic E-state index is -4.61. The van der Waals surface area contributed by atoms with Crippen LogP contribution in [0.3, 0.4) is 0 Å². The molecule has 0 unspecified atom stereocenters. The summed E-state index contributed by atoms with van der Waals surface area (Å²) in [6, 6.07) is 9.21. The Balaban J connectivity index is 1.52. The Kier molecular flexibility index (Phi) is 6.81. The third-order valence-electron chi connectivity index (χ3n) is 6.27. The van der Waals surface area contributed by atoms with E-state index in [4.69, 9.17) is 17.3 Å². The van der Waals surface area contributed by atoms with Gasteiger partial charge in [0.2, 0.25) is 11.8 Å². The van der Waals surface area contributed by atoms with E-state index in [0.29, 0.717) is 20.4 Å². The summed E-state index contributed by atoms with van der Waals surface area (Å²) in [5.41, 5.74) is 4.76. The van der Waals surface area contributed by atoms with Crippen molar-refractivity contribution in [2.75, 3.05) is 5.32 Å². The van der Waals surface area contributed by atoms with Crippen molar-refractivity contribution in [2.45, 2.75) is 28.9 Å². The topological polar surface area (TPSA) is 132 Å². The van der Waals surface area contributed by atoms with Crippen LogP contribution >= 0.6 is 34.7 Å². The average molecular weight is 597 g/mol. The van der Waals surface area contributed by atoms with Gasteiger partial charge in [-0.3, -0.25) is 23.7 Å². The molecule has 5 amide bonds. The quantitative estimate of drug-likeness (QED) is 0.439. The number of hydrogen-bond donors (Lipinski definition) is 2. The van der Waals surface area contributed by atoms with Crippen molar-refractivity contribution in [1.82, 2.24) is 9.47 Å². The molecule has 3 N–H and O–H groups in total. The first-order chi connectivity index (χ1) is 18.4. The Morgan fingerprint density at radius 3 is 2.38 bits per heavy atom. The second kappa shape index (κ2) is 9.84. The number of thiazole rings is 1. The maximum Gasteiger partial charge on any atom is 0.416 e. The molecular weight excluding hydrogens is 581 g/mol. The molecule has 1 fully saturated rings. The Labute approximate surface area is 230 Å². The standard InChI is InChI=1S/C24H16ClF3N4O5S2/c25-12-6-4-10(5-7-12)15-16-17(20(35)32(19(16)34)22(29)36)38-21-18(15)39-23(37)31(21)9-14(33)30-13-3-1-2-11(8-13)24(26,27)28/h1-8,15-17H,9H2,(H2,29,36)(H,30,33)/t15-,16+,17-/m0/s1. The average Bonchev–Trinajstić information content (AvgIpc) is 3.30. The van der Waals surface area contributed by atoms with Gasteiger partial charge in [0.1, 0.15) is 11.8 Å². The molecule has 3 heterocycles. The van der Waals surface area contributed by atoms with E-state index in [0.717, 1.165) is 45.9 Å². The first-order valence-corrected chi connectivity index (χ1v) is 13.2. The van der Waals surface area contributed by atoms with Gasteiger partial charge in [0.15, 0.2) is 0 Å². The number of thioether (sulfide) groups is 1. The van der Waals surface area contributed by atoms with E-state index in [1.807, 2.05) is 0 Å². The van der Waals surface area contributed by atoms with Gasteiger partial charge in [-0.15, -0.1) is 0 Å². The monoisotopic (exact) mass is 596 g/mol. The summed E-state index contributed by atoms with van der Waals surface area (Å²) < 4.78 is 40.2. The summed E-state index contributed by atoms with van der Waals surface area (Å²) >= 11 is 7.64. The molecule has 15 heteroatoms. The number of rotatable bonds is 4. The number of fused-ring (bicyclic) bond motifs is 2. The highest BCUT2D eigenvalue weighted by molar-refractivity contribution is 8.00. The number of anilines is 1. The predicted molar refractivity (Wildman–Crippen MR) is 137 cm³/mol. The number of urea groups is 1. The smallest absolute Gasteiger partial charge is 0.351 e. The van der Waals surface area contributed by atoms with Gasteiger partial charge in [-0.2, -0.15) is 18.1 Å². The van der Waals surface area contributed by atoms with Crippen LogP contribution < -0.4 is 15.9 Å². The zero-order chi connectivity index (χ0) is 28.2. The fraction of sp³-hybridized carbons (Fsp3) is 0.208. The number of aromatic nitrogens is 1. The molecule has 2 aromatic carbocycles. The minimum Gasteiger partial charge on any atom is -0.351 e. The Morgan fingerprint density at radius 2 is 1.74 bits per heavy atom. The summed E-state index contributed by atoms with van der Waals surface area (Å²) in [6.45, 7) is -0.569. The number of primary amides is 1. The fourth-order valence-corrected chi connectivity index (χ4v) is 7.52. The number of hydrogen-bond acceptors (Lipinski definition) is 7. The lowest BCUT2D eigenvalue weighted by molar-refractivity contribution is -0.138. The summed E-state index contributed by atoms with van der Waals surface area (Å²) in [4.78, 5) is 64.1. The first-order valence-electron chi connectivity index (χ1n) is 11.2. The molecule has 9 nitrogen and oxygen atoms in total. The molecular formula is C24H16ClF3N4O5S2. The maximum absolute atomic E-state index is 13.2. The van der Waals surface area contributed by atoms with Gasteiger partial charge in [0.25, 0.3) is 5.91 Å². The summed E-state index contributed by atoms with van der Waals surface area (Å²) in [7, 11) is 0. The van der Waals surface area contributed by atoms with E-state index in [2.05, 4.69) is 5.32 Å². The zero-order valence-electron chi connectivity index (χ0n) is 19.4. The second-order valence-electron chi connectivity index (χ2n) is 8.69. The Hall–Kier alpha value is -3.62. The van der Waals surface area contributed by atoms with Gasteiger partial charge < -0.3 is 11.1 Å². The molecule has 1 saturated heterocycles. The number of nitrogens with one attached hydrogen (secondary N) is 1. The SMILES string of the molecule is NC(=O)N1C(=O)[C@@H]2[C@H](c3ccc(Cl)cc3)c3sc(=O)n(CC(=O)Nc4cccc(C(F)(F)F)c4)c3S[C@@H]2C1=O. The van der Waals surface area contributed by atoms with E-state index in [-0.39, 0.29) is 10.7 Å². The van der Waals surface area contributed by atoms with E-state index in [1.54, 1.807) is 24.3 Å². The number of imide groups is 3.